The summed E-state index contributed by atoms with van der Waals surface area (Å²) in [4.78, 5) is 23.9. The van der Waals surface area contributed by atoms with Gasteiger partial charge in [-0.1, -0.05) is 33.6 Å². The molecule has 0 aromatic rings. The quantitative estimate of drug-likeness (QED) is 0.649. The van der Waals surface area contributed by atoms with E-state index in [0.717, 1.165) is 19.3 Å². The van der Waals surface area contributed by atoms with Crippen molar-refractivity contribution in [1.82, 2.24) is 10.6 Å². The molecule has 0 aromatic heterocycles. The highest BCUT2D eigenvalue weighted by atomic mass is 16.2. The molecule has 5 nitrogen and oxygen atoms in total. The summed E-state index contributed by atoms with van der Waals surface area (Å²) in [6, 6.07) is 2.33. The van der Waals surface area contributed by atoms with E-state index in [0.29, 0.717) is 12.8 Å². The lowest BCUT2D eigenvalue weighted by atomic mass is 9.80. The molecule has 2 N–H and O–H groups in total. The maximum absolute atomic E-state index is 12.3. The van der Waals surface area contributed by atoms with E-state index in [4.69, 9.17) is 0 Å². The molecule has 0 spiro atoms. The van der Waals surface area contributed by atoms with Crippen LogP contribution in [0.5, 0.6) is 0 Å². The second-order valence-electron chi connectivity index (χ2n) is 5.58. The number of carbonyl (C=O) groups excluding carboxylic acids is 2. The number of amides is 2. The summed E-state index contributed by atoms with van der Waals surface area (Å²) in [6.45, 7) is 8.16. The Morgan fingerprint density at radius 3 is 2.19 bits per heavy atom. The highest BCUT2D eigenvalue weighted by molar-refractivity contribution is 5.86. The Morgan fingerprint density at radius 1 is 1.19 bits per heavy atom. The Hall–Kier alpha value is -1.57. The van der Waals surface area contributed by atoms with Gasteiger partial charge in [-0.15, -0.1) is 0 Å². The normalized spacial score (nSPS) is 12.3. The molecule has 21 heavy (non-hydrogen) atoms. The first-order valence-electron chi connectivity index (χ1n) is 7.94. The highest BCUT2D eigenvalue weighted by Gasteiger charge is 2.36. The van der Waals surface area contributed by atoms with E-state index in [9.17, 15) is 14.9 Å². The molecule has 1 unspecified atom stereocenters. The largest absolute Gasteiger partial charge is 0.354 e. The molecule has 2 amide bonds. The Labute approximate surface area is 128 Å². The zero-order valence-corrected chi connectivity index (χ0v) is 13.8. The average molecular weight is 295 g/mol. The van der Waals surface area contributed by atoms with Gasteiger partial charge in [0.05, 0.1) is 6.07 Å². The van der Waals surface area contributed by atoms with Gasteiger partial charge in [0.15, 0.2) is 0 Å². The molecule has 0 rings (SSSR count). The second-order valence-corrected chi connectivity index (χ2v) is 5.58. The summed E-state index contributed by atoms with van der Waals surface area (Å²) in [6.07, 6.45) is 3.81. The highest BCUT2D eigenvalue weighted by Crippen LogP contribution is 2.29. The van der Waals surface area contributed by atoms with Gasteiger partial charge < -0.3 is 10.6 Å². The van der Waals surface area contributed by atoms with E-state index in [2.05, 4.69) is 16.7 Å². The molecule has 0 saturated heterocycles. The lowest BCUT2D eigenvalue weighted by Gasteiger charge is -2.24. The number of nitrogens with zero attached hydrogens (tertiary/aromatic N) is 1. The summed E-state index contributed by atoms with van der Waals surface area (Å²) in [5.74, 6) is -0.316. The van der Waals surface area contributed by atoms with Crippen molar-refractivity contribution in [2.24, 2.45) is 5.41 Å². The minimum absolute atomic E-state index is 0.0711. The Balaban J connectivity index is 4.39. The first kappa shape index (κ1) is 19.4. The van der Waals surface area contributed by atoms with E-state index in [-0.39, 0.29) is 30.8 Å². The molecule has 0 fully saturated rings. The first-order chi connectivity index (χ1) is 9.95. The van der Waals surface area contributed by atoms with Crippen molar-refractivity contribution in [2.45, 2.75) is 72.3 Å². The van der Waals surface area contributed by atoms with Crippen LogP contribution >= 0.6 is 0 Å². The smallest absolute Gasteiger partial charge is 0.240 e. The summed E-state index contributed by atoms with van der Waals surface area (Å²) in [5.41, 5.74) is -0.948. The molecular formula is C16H29N3O2. The van der Waals surface area contributed by atoms with E-state index in [1.807, 2.05) is 27.7 Å². The minimum atomic E-state index is -0.948. The Morgan fingerprint density at radius 2 is 1.76 bits per heavy atom. The lowest BCUT2D eigenvalue weighted by Crippen LogP contribution is -2.42. The maximum Gasteiger partial charge on any atom is 0.240 e. The molecule has 0 aliphatic rings. The fourth-order valence-corrected chi connectivity index (χ4v) is 2.28. The third-order valence-electron chi connectivity index (χ3n) is 3.66. The van der Waals surface area contributed by atoms with Crippen LogP contribution in [0.1, 0.15) is 66.2 Å². The van der Waals surface area contributed by atoms with Crippen LogP contribution in [0.2, 0.25) is 0 Å². The lowest BCUT2D eigenvalue weighted by molar-refractivity contribution is -0.129. The first-order valence-corrected chi connectivity index (χ1v) is 7.94. The Kier molecular flexibility index (Phi) is 9.44. The van der Waals surface area contributed by atoms with Crippen LogP contribution in [-0.2, 0) is 9.59 Å². The van der Waals surface area contributed by atoms with Crippen molar-refractivity contribution in [3.8, 4) is 6.07 Å². The fourth-order valence-electron chi connectivity index (χ4n) is 2.28. The topological polar surface area (TPSA) is 82.0 Å². The van der Waals surface area contributed by atoms with Crippen molar-refractivity contribution in [3.05, 3.63) is 0 Å². The molecule has 0 aliphatic carbocycles. The molecule has 0 heterocycles. The van der Waals surface area contributed by atoms with Crippen LogP contribution in [0, 0.1) is 16.7 Å². The molecular weight excluding hydrogens is 266 g/mol. The predicted octanol–water partition coefficient (Wildman–Crippen LogP) is 2.52. The van der Waals surface area contributed by atoms with Gasteiger partial charge in [-0.25, -0.2) is 0 Å². The average Bonchev–Trinajstić information content (AvgIpc) is 2.46. The molecule has 0 bridgehead atoms. The van der Waals surface area contributed by atoms with Crippen LogP contribution in [0.3, 0.4) is 0 Å². The molecule has 0 aromatic carbocycles. The number of hydrogen-bond donors (Lipinski definition) is 2. The molecule has 0 saturated carbocycles. The number of nitrogens with one attached hydrogen (secondary N) is 2. The third-order valence-corrected chi connectivity index (χ3v) is 3.66. The van der Waals surface area contributed by atoms with Crippen LogP contribution in [0.15, 0.2) is 0 Å². The van der Waals surface area contributed by atoms with Gasteiger partial charge in [0.25, 0.3) is 0 Å². The van der Waals surface area contributed by atoms with Gasteiger partial charge in [-0.05, 0) is 26.2 Å². The van der Waals surface area contributed by atoms with E-state index in [1.54, 1.807) is 0 Å². The van der Waals surface area contributed by atoms with Gasteiger partial charge in [-0.3, -0.25) is 9.59 Å². The fraction of sp³-hybridized carbons (Fsp3) is 0.812. The van der Waals surface area contributed by atoms with Gasteiger partial charge in [0.2, 0.25) is 11.8 Å². The second kappa shape index (κ2) is 10.2. The standard InChI is InChI=1S/C16H29N3O2/c1-5-9-16(12-17,10-6-2)15(21)18-11-8-14(20)19-13(4)7-3/h13H,5-11H2,1-4H3,(H,18,21)(H,19,20). The molecule has 0 aliphatic heterocycles. The van der Waals surface area contributed by atoms with Crippen molar-refractivity contribution >= 4 is 11.8 Å². The Bertz CT molecular complexity index is 368. The maximum atomic E-state index is 12.3. The minimum Gasteiger partial charge on any atom is -0.354 e. The number of hydrogen-bond acceptors (Lipinski definition) is 3. The predicted molar refractivity (Wildman–Crippen MR) is 83.4 cm³/mol. The van der Waals surface area contributed by atoms with E-state index < -0.39 is 5.41 Å². The van der Waals surface area contributed by atoms with Crippen LogP contribution in [0.4, 0.5) is 0 Å². The van der Waals surface area contributed by atoms with Crippen LogP contribution < -0.4 is 10.6 Å². The SMILES string of the molecule is CCCC(C#N)(CCC)C(=O)NCCC(=O)NC(C)CC. The molecule has 5 heteroatoms. The van der Waals surface area contributed by atoms with Crippen molar-refractivity contribution in [1.29, 1.82) is 5.26 Å². The number of rotatable bonds is 10. The number of nitriles is 1. The van der Waals surface area contributed by atoms with Gasteiger partial charge >= 0.3 is 0 Å². The molecule has 1 atom stereocenters. The zero-order chi connectivity index (χ0) is 16.3. The van der Waals surface area contributed by atoms with E-state index >= 15 is 0 Å². The summed E-state index contributed by atoms with van der Waals surface area (Å²) in [7, 11) is 0. The van der Waals surface area contributed by atoms with Crippen LogP contribution in [-0.4, -0.2) is 24.4 Å². The summed E-state index contributed by atoms with van der Waals surface area (Å²) >= 11 is 0. The van der Waals surface area contributed by atoms with Gasteiger partial charge in [-0.2, -0.15) is 5.26 Å². The van der Waals surface area contributed by atoms with Gasteiger partial charge in [0, 0.05) is 19.0 Å². The zero-order valence-electron chi connectivity index (χ0n) is 13.8. The summed E-state index contributed by atoms with van der Waals surface area (Å²) < 4.78 is 0. The number of carbonyl (C=O) groups is 2. The van der Waals surface area contributed by atoms with Crippen LogP contribution in [0.25, 0.3) is 0 Å². The van der Waals surface area contributed by atoms with Crippen molar-refractivity contribution in [2.75, 3.05) is 6.54 Å². The van der Waals surface area contributed by atoms with Crippen molar-refractivity contribution in [3.63, 3.8) is 0 Å². The third kappa shape index (κ3) is 6.61. The van der Waals surface area contributed by atoms with Gasteiger partial charge in [0.1, 0.15) is 5.41 Å². The molecule has 0 radical (unpaired) electrons. The van der Waals surface area contributed by atoms with E-state index in [1.165, 1.54) is 0 Å². The molecule has 120 valence electrons. The summed E-state index contributed by atoms with van der Waals surface area (Å²) in [5, 5.41) is 15.0. The van der Waals surface area contributed by atoms with Crippen molar-refractivity contribution < 1.29 is 9.59 Å². The monoisotopic (exact) mass is 295 g/mol.